The number of amides is 2. The number of hydrogen-bond acceptors (Lipinski definition) is 4. The summed E-state index contributed by atoms with van der Waals surface area (Å²) in [4.78, 5) is 29.9. The highest BCUT2D eigenvalue weighted by Gasteiger charge is 2.30. The first kappa shape index (κ1) is 18.8. The summed E-state index contributed by atoms with van der Waals surface area (Å²) < 4.78 is 5.34. The number of carbonyl (C=O) groups excluding carboxylic acids is 2. The Labute approximate surface area is 151 Å². The number of likely N-dealkylation sites (tertiary alicyclic amines) is 1. The number of halogens is 2. The van der Waals surface area contributed by atoms with Crippen molar-refractivity contribution in [3.05, 3.63) is 22.4 Å². The Hall–Kier alpha value is -1.53. The quantitative estimate of drug-likeness (QED) is 0.850. The molecular weight excluding hydrogens is 353 g/mol. The highest BCUT2D eigenvalue weighted by Crippen LogP contribution is 2.30. The van der Waals surface area contributed by atoms with Gasteiger partial charge in [-0.15, -0.1) is 0 Å². The zero-order chi connectivity index (χ0) is 17.9. The van der Waals surface area contributed by atoms with Crippen molar-refractivity contribution in [2.75, 3.05) is 18.4 Å². The summed E-state index contributed by atoms with van der Waals surface area (Å²) in [6.07, 6.45) is 3.63. The Kier molecular flexibility index (Phi) is 5.93. The third-order valence-electron chi connectivity index (χ3n) is 3.62. The zero-order valence-electron chi connectivity index (χ0n) is 13.9. The van der Waals surface area contributed by atoms with Crippen molar-refractivity contribution < 1.29 is 14.3 Å². The molecule has 0 spiro atoms. The predicted molar refractivity (Wildman–Crippen MR) is 93.4 cm³/mol. The van der Waals surface area contributed by atoms with E-state index in [1.807, 2.05) is 20.8 Å². The van der Waals surface area contributed by atoms with Crippen molar-refractivity contribution in [3.63, 3.8) is 0 Å². The van der Waals surface area contributed by atoms with Crippen LogP contribution in [0.1, 0.15) is 33.6 Å². The van der Waals surface area contributed by atoms with Crippen molar-refractivity contribution in [3.8, 4) is 0 Å². The Balaban J connectivity index is 1.90. The molecule has 2 rings (SSSR count). The van der Waals surface area contributed by atoms with Crippen LogP contribution in [0.15, 0.2) is 12.4 Å². The summed E-state index contributed by atoms with van der Waals surface area (Å²) in [6, 6.07) is 0. The molecule has 0 bridgehead atoms. The molecule has 1 aliphatic rings. The average Bonchev–Trinajstić information content (AvgIpc) is 2.49. The van der Waals surface area contributed by atoms with E-state index in [0.29, 0.717) is 41.7 Å². The number of anilines is 1. The molecule has 0 aliphatic carbocycles. The molecule has 0 aromatic carbocycles. The second-order valence-corrected chi connectivity index (χ2v) is 7.52. The van der Waals surface area contributed by atoms with Gasteiger partial charge in [-0.2, -0.15) is 0 Å². The molecule has 0 radical (unpaired) electrons. The van der Waals surface area contributed by atoms with Crippen molar-refractivity contribution in [2.24, 2.45) is 5.92 Å². The molecule has 1 N–H and O–H groups in total. The van der Waals surface area contributed by atoms with Crippen molar-refractivity contribution in [2.45, 2.75) is 39.2 Å². The molecule has 1 aliphatic heterocycles. The molecule has 0 saturated carbocycles. The highest BCUT2D eigenvalue weighted by molar-refractivity contribution is 6.39. The van der Waals surface area contributed by atoms with Gasteiger partial charge in [0.1, 0.15) is 5.60 Å². The lowest BCUT2D eigenvalue weighted by atomic mass is 9.96. The van der Waals surface area contributed by atoms with Crippen LogP contribution < -0.4 is 5.32 Å². The van der Waals surface area contributed by atoms with Crippen LogP contribution in [0, 0.1) is 5.92 Å². The van der Waals surface area contributed by atoms with Gasteiger partial charge in [0.05, 0.1) is 15.7 Å². The fourth-order valence-corrected chi connectivity index (χ4v) is 2.87. The number of nitrogens with one attached hydrogen (secondary N) is 1. The third kappa shape index (κ3) is 4.98. The van der Waals surface area contributed by atoms with Gasteiger partial charge in [-0.3, -0.25) is 9.78 Å². The maximum Gasteiger partial charge on any atom is 0.410 e. The first-order valence-corrected chi connectivity index (χ1v) is 8.51. The Morgan fingerprint density at radius 2 is 1.75 bits per heavy atom. The van der Waals surface area contributed by atoms with E-state index in [0.717, 1.165) is 0 Å². The second kappa shape index (κ2) is 7.57. The van der Waals surface area contributed by atoms with E-state index in [2.05, 4.69) is 10.3 Å². The summed E-state index contributed by atoms with van der Waals surface area (Å²) in [7, 11) is 0. The molecule has 1 fully saturated rings. The van der Waals surface area contributed by atoms with Gasteiger partial charge in [0, 0.05) is 31.4 Å². The predicted octanol–water partition coefficient (Wildman–Crippen LogP) is 3.97. The molecule has 1 saturated heterocycles. The Morgan fingerprint density at radius 1 is 1.21 bits per heavy atom. The summed E-state index contributed by atoms with van der Waals surface area (Å²) in [5, 5.41) is 3.34. The summed E-state index contributed by atoms with van der Waals surface area (Å²) in [5.74, 6) is -0.363. The van der Waals surface area contributed by atoms with E-state index in [9.17, 15) is 9.59 Å². The van der Waals surface area contributed by atoms with Crippen LogP contribution in [-0.4, -0.2) is 40.6 Å². The lowest BCUT2D eigenvalue weighted by Crippen LogP contribution is -2.43. The van der Waals surface area contributed by atoms with Gasteiger partial charge < -0.3 is 15.0 Å². The number of hydrogen-bond donors (Lipinski definition) is 1. The average molecular weight is 374 g/mol. The topological polar surface area (TPSA) is 71.5 Å². The highest BCUT2D eigenvalue weighted by atomic mass is 35.5. The van der Waals surface area contributed by atoms with Gasteiger partial charge in [-0.05, 0) is 33.6 Å². The van der Waals surface area contributed by atoms with Crippen LogP contribution in [0.5, 0.6) is 0 Å². The van der Waals surface area contributed by atoms with E-state index in [4.69, 9.17) is 27.9 Å². The molecule has 6 nitrogen and oxygen atoms in total. The van der Waals surface area contributed by atoms with E-state index < -0.39 is 5.60 Å². The van der Waals surface area contributed by atoms with Gasteiger partial charge >= 0.3 is 6.09 Å². The summed E-state index contributed by atoms with van der Waals surface area (Å²) in [5.41, 5.74) is -0.159. The molecule has 132 valence electrons. The van der Waals surface area contributed by atoms with Crippen molar-refractivity contribution >= 4 is 40.9 Å². The van der Waals surface area contributed by atoms with Crippen LogP contribution >= 0.6 is 23.2 Å². The van der Waals surface area contributed by atoms with Crippen LogP contribution in [0.4, 0.5) is 10.5 Å². The standard InChI is InChI=1S/C16H21Cl2N3O3/c1-16(2,3)24-15(23)21-6-4-10(5-7-21)14(22)20-13-11(17)8-19-9-12(13)18/h8-10H,4-7H2,1-3H3,(H,19,20,22). The molecule has 0 unspecified atom stereocenters. The van der Waals surface area contributed by atoms with Gasteiger partial charge in [0.15, 0.2) is 0 Å². The van der Waals surface area contributed by atoms with Crippen molar-refractivity contribution in [1.82, 2.24) is 9.88 Å². The smallest absolute Gasteiger partial charge is 0.410 e. The monoisotopic (exact) mass is 373 g/mol. The lowest BCUT2D eigenvalue weighted by Gasteiger charge is -2.33. The largest absolute Gasteiger partial charge is 0.444 e. The normalized spacial score (nSPS) is 16.0. The lowest BCUT2D eigenvalue weighted by molar-refractivity contribution is -0.121. The Morgan fingerprint density at radius 3 is 2.25 bits per heavy atom. The SMILES string of the molecule is CC(C)(C)OC(=O)N1CCC(C(=O)Nc2c(Cl)cncc2Cl)CC1. The maximum absolute atomic E-state index is 12.4. The van der Waals surface area contributed by atoms with Crippen LogP contribution in [-0.2, 0) is 9.53 Å². The number of piperidine rings is 1. The van der Waals surface area contributed by atoms with E-state index in [1.54, 1.807) is 4.90 Å². The molecule has 1 aromatic rings. The third-order valence-corrected chi connectivity index (χ3v) is 4.19. The van der Waals surface area contributed by atoms with Gasteiger partial charge in [-0.1, -0.05) is 23.2 Å². The number of nitrogens with zero attached hydrogens (tertiary/aromatic N) is 2. The molecule has 2 amide bonds. The number of rotatable bonds is 2. The molecule has 8 heteroatoms. The zero-order valence-corrected chi connectivity index (χ0v) is 15.4. The minimum Gasteiger partial charge on any atom is -0.444 e. The fourth-order valence-electron chi connectivity index (χ4n) is 2.41. The first-order chi connectivity index (χ1) is 11.2. The van der Waals surface area contributed by atoms with Gasteiger partial charge in [0.25, 0.3) is 0 Å². The molecular formula is C16H21Cl2N3O3. The summed E-state index contributed by atoms with van der Waals surface area (Å²) >= 11 is 12.0. The van der Waals surface area contributed by atoms with Crippen molar-refractivity contribution in [1.29, 1.82) is 0 Å². The van der Waals surface area contributed by atoms with E-state index in [1.165, 1.54) is 12.4 Å². The van der Waals surface area contributed by atoms with E-state index >= 15 is 0 Å². The molecule has 2 heterocycles. The first-order valence-electron chi connectivity index (χ1n) is 7.75. The van der Waals surface area contributed by atoms with Crippen LogP contribution in [0.3, 0.4) is 0 Å². The molecule has 1 aromatic heterocycles. The fraction of sp³-hybridized carbons (Fsp3) is 0.562. The molecule has 24 heavy (non-hydrogen) atoms. The maximum atomic E-state index is 12.4. The number of pyridine rings is 1. The molecule has 0 atom stereocenters. The van der Waals surface area contributed by atoms with Gasteiger partial charge in [-0.25, -0.2) is 4.79 Å². The number of carbonyl (C=O) groups is 2. The van der Waals surface area contributed by atoms with Crippen LogP contribution in [0.25, 0.3) is 0 Å². The second-order valence-electron chi connectivity index (χ2n) is 6.71. The van der Waals surface area contributed by atoms with E-state index in [-0.39, 0.29) is 17.9 Å². The minimum absolute atomic E-state index is 0.158. The summed E-state index contributed by atoms with van der Waals surface area (Å²) in [6.45, 7) is 6.43. The van der Waals surface area contributed by atoms with Gasteiger partial charge in [0.2, 0.25) is 5.91 Å². The minimum atomic E-state index is -0.528. The number of aromatic nitrogens is 1. The Bertz CT molecular complexity index is 603. The number of ether oxygens (including phenoxy) is 1. The van der Waals surface area contributed by atoms with Crippen LogP contribution in [0.2, 0.25) is 10.0 Å².